The predicted molar refractivity (Wildman–Crippen MR) is 101 cm³/mol. The van der Waals surface area contributed by atoms with Crippen LogP contribution < -0.4 is 4.90 Å². The van der Waals surface area contributed by atoms with E-state index in [0.29, 0.717) is 18.1 Å². The smallest absolute Gasteiger partial charge is 0.371 e. The van der Waals surface area contributed by atoms with Gasteiger partial charge in [0.15, 0.2) is 0 Å². The summed E-state index contributed by atoms with van der Waals surface area (Å²) in [5, 5.41) is 0. The maximum absolute atomic E-state index is 13.1. The lowest BCUT2D eigenvalue weighted by Crippen LogP contribution is -2.32. The fraction of sp³-hybridized carbons (Fsp3) is 0.750. The van der Waals surface area contributed by atoms with E-state index < -0.39 is 11.9 Å². The van der Waals surface area contributed by atoms with E-state index in [0.717, 1.165) is 39.0 Å². The third-order valence-corrected chi connectivity index (χ3v) is 5.40. The van der Waals surface area contributed by atoms with Crippen molar-refractivity contribution < 1.29 is 22.6 Å². The van der Waals surface area contributed by atoms with Crippen LogP contribution in [0.3, 0.4) is 0 Å². The second-order valence-electron chi connectivity index (χ2n) is 9.03. The Bertz CT molecular complexity index is 690. The van der Waals surface area contributed by atoms with Gasteiger partial charge in [-0.1, -0.05) is 0 Å². The van der Waals surface area contributed by atoms with E-state index in [-0.39, 0.29) is 17.8 Å². The minimum Gasteiger partial charge on any atom is -0.371 e. The average molecular weight is 401 g/mol. The third kappa shape index (κ3) is 5.36. The van der Waals surface area contributed by atoms with Crippen LogP contribution in [0.2, 0.25) is 0 Å². The molecule has 1 spiro atoms. The van der Waals surface area contributed by atoms with E-state index in [1.54, 1.807) is 13.0 Å². The van der Waals surface area contributed by atoms with Gasteiger partial charge in [0.25, 0.3) is 0 Å². The summed E-state index contributed by atoms with van der Waals surface area (Å²) < 4.78 is 50.5. The summed E-state index contributed by atoms with van der Waals surface area (Å²) in [7, 11) is 0. The number of ether oxygens (including phenoxy) is 2. The molecule has 2 fully saturated rings. The van der Waals surface area contributed by atoms with Crippen molar-refractivity contribution in [3.8, 4) is 0 Å². The van der Waals surface area contributed by atoms with Crippen LogP contribution in [0.5, 0.6) is 0 Å². The van der Waals surface area contributed by atoms with Gasteiger partial charge < -0.3 is 14.4 Å². The van der Waals surface area contributed by atoms with Crippen LogP contribution in [0.4, 0.5) is 18.9 Å². The average Bonchev–Trinajstić information content (AvgIpc) is 3.17. The van der Waals surface area contributed by atoms with Gasteiger partial charge in [-0.2, -0.15) is 13.2 Å². The molecule has 0 aromatic carbocycles. The van der Waals surface area contributed by atoms with E-state index in [4.69, 9.17) is 9.47 Å². The third-order valence-electron chi connectivity index (χ3n) is 5.40. The van der Waals surface area contributed by atoms with Crippen molar-refractivity contribution in [2.75, 3.05) is 44.6 Å². The fourth-order valence-corrected chi connectivity index (χ4v) is 3.99. The molecule has 0 aliphatic carbocycles. The highest BCUT2D eigenvalue weighted by Crippen LogP contribution is 2.42. The molecule has 1 aromatic rings. The Morgan fingerprint density at radius 1 is 1.11 bits per heavy atom. The van der Waals surface area contributed by atoms with Gasteiger partial charge in [0.2, 0.25) is 0 Å². The normalized spacial score (nSPS) is 23.9. The predicted octanol–water partition coefficient (Wildman–Crippen LogP) is 4.06. The minimum absolute atomic E-state index is 0.115. The van der Waals surface area contributed by atoms with Crippen LogP contribution in [0.1, 0.15) is 45.0 Å². The molecule has 1 aromatic heterocycles. The Morgan fingerprint density at radius 3 is 2.50 bits per heavy atom. The molecule has 8 heteroatoms. The van der Waals surface area contributed by atoms with Gasteiger partial charge in [0.05, 0.1) is 5.60 Å². The van der Waals surface area contributed by atoms with Crippen molar-refractivity contribution in [1.82, 2.24) is 9.88 Å². The number of rotatable bonds is 5. The topological polar surface area (TPSA) is 37.8 Å². The summed E-state index contributed by atoms with van der Waals surface area (Å²) in [6, 6.07) is 2.92. The SMILES string of the molecule is Cc1cc(N2CCC3(CCN(COCOC(C)(C)C)C3)C2)cc(C(F)(F)F)n1. The maximum Gasteiger partial charge on any atom is 0.433 e. The van der Waals surface area contributed by atoms with Crippen LogP contribution in [-0.4, -0.2) is 55.2 Å². The van der Waals surface area contributed by atoms with Gasteiger partial charge in [-0.25, -0.2) is 4.98 Å². The largest absolute Gasteiger partial charge is 0.433 e. The van der Waals surface area contributed by atoms with E-state index in [2.05, 4.69) is 14.8 Å². The van der Waals surface area contributed by atoms with Gasteiger partial charge in [-0.3, -0.25) is 4.90 Å². The molecule has 158 valence electrons. The number of hydrogen-bond donors (Lipinski definition) is 0. The van der Waals surface area contributed by atoms with Gasteiger partial charge in [0, 0.05) is 43.0 Å². The summed E-state index contributed by atoms with van der Waals surface area (Å²) in [4.78, 5) is 7.97. The lowest BCUT2D eigenvalue weighted by Gasteiger charge is -2.26. The first-order valence-electron chi connectivity index (χ1n) is 9.71. The highest BCUT2D eigenvalue weighted by atomic mass is 19.4. The van der Waals surface area contributed by atoms with Crippen LogP contribution in [0, 0.1) is 12.3 Å². The summed E-state index contributed by atoms with van der Waals surface area (Å²) in [5.74, 6) is 0. The monoisotopic (exact) mass is 401 g/mol. The van der Waals surface area contributed by atoms with E-state index >= 15 is 0 Å². The Kier molecular flexibility index (Phi) is 5.94. The minimum atomic E-state index is -4.42. The zero-order valence-electron chi connectivity index (χ0n) is 17.1. The quantitative estimate of drug-likeness (QED) is 0.550. The van der Waals surface area contributed by atoms with Crippen LogP contribution in [0.25, 0.3) is 0 Å². The first-order chi connectivity index (χ1) is 13.0. The van der Waals surface area contributed by atoms with Crippen LogP contribution in [0.15, 0.2) is 12.1 Å². The molecule has 1 unspecified atom stereocenters. The maximum atomic E-state index is 13.1. The lowest BCUT2D eigenvalue weighted by atomic mass is 9.86. The highest BCUT2D eigenvalue weighted by Gasteiger charge is 2.44. The number of hydrogen-bond acceptors (Lipinski definition) is 5. The van der Waals surface area contributed by atoms with Gasteiger partial charge in [-0.15, -0.1) is 0 Å². The lowest BCUT2D eigenvalue weighted by molar-refractivity contribution is -0.141. The molecule has 0 saturated carbocycles. The molecule has 0 N–H and O–H groups in total. The molecule has 28 heavy (non-hydrogen) atoms. The first-order valence-corrected chi connectivity index (χ1v) is 9.71. The van der Waals surface area contributed by atoms with Crippen molar-refractivity contribution in [3.05, 3.63) is 23.5 Å². The molecule has 2 saturated heterocycles. The number of nitrogens with zero attached hydrogens (tertiary/aromatic N) is 3. The summed E-state index contributed by atoms with van der Waals surface area (Å²) in [6.07, 6.45) is -2.41. The van der Waals surface area contributed by atoms with Crippen molar-refractivity contribution in [3.63, 3.8) is 0 Å². The molecule has 2 aliphatic heterocycles. The van der Waals surface area contributed by atoms with Crippen molar-refractivity contribution in [1.29, 1.82) is 0 Å². The second-order valence-corrected chi connectivity index (χ2v) is 9.03. The number of aromatic nitrogens is 1. The van der Waals surface area contributed by atoms with E-state index in [1.807, 2.05) is 20.8 Å². The summed E-state index contributed by atoms with van der Waals surface area (Å²) >= 11 is 0. The Hall–Kier alpha value is -1.38. The van der Waals surface area contributed by atoms with Gasteiger partial charge >= 0.3 is 6.18 Å². The van der Waals surface area contributed by atoms with Crippen molar-refractivity contribution >= 4 is 5.69 Å². The molecule has 2 aliphatic rings. The molecule has 5 nitrogen and oxygen atoms in total. The Morgan fingerprint density at radius 2 is 1.82 bits per heavy atom. The van der Waals surface area contributed by atoms with Gasteiger partial charge in [-0.05, 0) is 52.7 Å². The summed E-state index contributed by atoms with van der Waals surface area (Å²) in [5.41, 5.74) is 0.0831. The van der Waals surface area contributed by atoms with Crippen molar-refractivity contribution in [2.45, 2.75) is 52.3 Å². The molecule has 3 heterocycles. The standard InChI is InChI=1S/C20H30F3N3O2/c1-15-9-16(10-17(24-15)20(21,22)23)26-8-6-19(12-26)5-7-25(11-19)13-27-14-28-18(2,3)4/h9-10H,5-8,11-14H2,1-4H3. The van der Waals surface area contributed by atoms with Crippen LogP contribution >= 0.6 is 0 Å². The first kappa shape index (κ1) is 21.3. The Balaban J connectivity index is 1.56. The highest BCUT2D eigenvalue weighted by molar-refractivity contribution is 5.50. The van der Waals surface area contributed by atoms with Crippen LogP contribution in [-0.2, 0) is 15.7 Å². The van der Waals surface area contributed by atoms with Crippen molar-refractivity contribution in [2.24, 2.45) is 5.41 Å². The van der Waals surface area contributed by atoms with E-state index in [1.165, 1.54) is 6.07 Å². The number of anilines is 1. The van der Waals surface area contributed by atoms with Gasteiger partial charge in [0.1, 0.15) is 19.2 Å². The molecular weight excluding hydrogens is 371 g/mol. The molecule has 0 bridgehead atoms. The number of halogens is 3. The summed E-state index contributed by atoms with van der Waals surface area (Å²) in [6.45, 7) is 11.7. The fourth-order valence-electron chi connectivity index (χ4n) is 3.99. The molecule has 1 atom stereocenters. The van der Waals surface area contributed by atoms with E-state index in [9.17, 15) is 13.2 Å². The number of pyridine rings is 1. The molecular formula is C20H30F3N3O2. The molecule has 3 rings (SSSR count). The Labute approximate surface area is 164 Å². The zero-order valence-corrected chi connectivity index (χ0v) is 17.1. The second kappa shape index (κ2) is 7.80. The number of likely N-dealkylation sites (tertiary alicyclic amines) is 1. The molecule has 0 amide bonds. The zero-order chi connectivity index (χ0) is 20.6. The molecule has 0 radical (unpaired) electrons. The number of aryl methyl sites for hydroxylation is 1. The number of alkyl halides is 3.